The highest BCUT2D eigenvalue weighted by Crippen LogP contribution is 2.12. The summed E-state index contributed by atoms with van der Waals surface area (Å²) in [7, 11) is -0.993. The smallest absolute Gasteiger partial charge is 0.243 e. The van der Waals surface area contributed by atoms with Crippen LogP contribution < -0.4 is 4.72 Å². The molecule has 1 aromatic carbocycles. The van der Waals surface area contributed by atoms with Crippen molar-refractivity contribution in [1.82, 2.24) is 9.62 Å². The van der Waals surface area contributed by atoms with Gasteiger partial charge in [-0.05, 0) is 12.1 Å². The van der Waals surface area contributed by atoms with Crippen LogP contribution in [0.25, 0.3) is 0 Å². The number of benzene rings is 1. The monoisotopic (exact) mass is 260 g/mol. The average Bonchev–Trinajstić information content (AvgIpc) is 2.26. The molecule has 1 rings (SSSR count). The number of amides is 1. The lowest BCUT2D eigenvalue weighted by Crippen LogP contribution is -2.36. The van der Waals surface area contributed by atoms with Gasteiger partial charge < -0.3 is 4.90 Å². The van der Waals surface area contributed by atoms with Crippen LogP contribution in [0.4, 0.5) is 4.39 Å². The number of sulfonamides is 1. The predicted octanol–water partition coefficient (Wildman–Crippen LogP) is 0.192. The molecule has 0 heterocycles. The van der Waals surface area contributed by atoms with Gasteiger partial charge in [0.1, 0.15) is 10.7 Å². The SMILES string of the molecule is CN(C)C(=O)CNS(=O)(=O)c1ccccc1F. The number of hydrogen-bond acceptors (Lipinski definition) is 3. The summed E-state index contributed by atoms with van der Waals surface area (Å²) in [4.78, 5) is 12.0. The molecule has 1 N–H and O–H groups in total. The van der Waals surface area contributed by atoms with Crippen molar-refractivity contribution >= 4 is 15.9 Å². The van der Waals surface area contributed by atoms with Crippen molar-refractivity contribution in [3.05, 3.63) is 30.1 Å². The molecule has 0 saturated heterocycles. The highest BCUT2D eigenvalue weighted by Gasteiger charge is 2.19. The van der Waals surface area contributed by atoms with Crippen LogP contribution in [0.15, 0.2) is 29.2 Å². The largest absolute Gasteiger partial charge is 0.348 e. The molecule has 0 saturated carbocycles. The maximum atomic E-state index is 13.3. The Bertz CT molecular complexity index is 514. The van der Waals surface area contributed by atoms with E-state index in [2.05, 4.69) is 0 Å². The molecule has 0 radical (unpaired) electrons. The summed E-state index contributed by atoms with van der Waals surface area (Å²) in [5, 5.41) is 0. The minimum Gasteiger partial charge on any atom is -0.348 e. The molecular formula is C10H13FN2O3S. The number of rotatable bonds is 4. The molecule has 17 heavy (non-hydrogen) atoms. The van der Waals surface area contributed by atoms with Crippen LogP contribution >= 0.6 is 0 Å². The predicted molar refractivity (Wildman–Crippen MR) is 60.3 cm³/mol. The van der Waals surface area contributed by atoms with Gasteiger partial charge in [0.15, 0.2) is 0 Å². The molecule has 0 aliphatic carbocycles. The van der Waals surface area contributed by atoms with Crippen LogP contribution in [0, 0.1) is 5.82 Å². The number of nitrogens with zero attached hydrogens (tertiary/aromatic N) is 1. The van der Waals surface area contributed by atoms with Crippen LogP contribution in [0.2, 0.25) is 0 Å². The Kier molecular flexibility index (Phi) is 4.19. The second-order valence-corrected chi connectivity index (χ2v) is 5.28. The fraction of sp³-hybridized carbons (Fsp3) is 0.300. The quantitative estimate of drug-likeness (QED) is 0.840. The molecule has 0 fully saturated rings. The van der Waals surface area contributed by atoms with Crippen molar-refractivity contribution in [2.75, 3.05) is 20.6 Å². The van der Waals surface area contributed by atoms with Crippen LogP contribution in [0.1, 0.15) is 0 Å². The summed E-state index contributed by atoms with van der Waals surface area (Å²) in [5.41, 5.74) is 0. The minimum atomic E-state index is -3.99. The first kappa shape index (κ1) is 13.6. The molecule has 94 valence electrons. The molecule has 0 aromatic heterocycles. The molecule has 7 heteroatoms. The summed E-state index contributed by atoms with van der Waals surface area (Å²) in [6.45, 7) is -0.399. The second-order valence-electron chi connectivity index (χ2n) is 3.54. The van der Waals surface area contributed by atoms with Gasteiger partial charge in [-0.2, -0.15) is 0 Å². The molecule has 5 nitrogen and oxygen atoms in total. The zero-order valence-corrected chi connectivity index (χ0v) is 10.3. The van der Waals surface area contributed by atoms with E-state index in [1.165, 1.54) is 31.1 Å². The Morgan fingerprint density at radius 2 is 1.94 bits per heavy atom. The normalized spacial score (nSPS) is 11.2. The van der Waals surface area contributed by atoms with E-state index in [4.69, 9.17) is 0 Å². The summed E-state index contributed by atoms with van der Waals surface area (Å²) in [6, 6.07) is 4.98. The number of carbonyl (C=O) groups is 1. The summed E-state index contributed by atoms with van der Waals surface area (Å²) >= 11 is 0. The third-order valence-electron chi connectivity index (χ3n) is 2.04. The van der Waals surface area contributed by atoms with E-state index < -0.39 is 33.2 Å². The maximum absolute atomic E-state index is 13.3. The Morgan fingerprint density at radius 3 is 2.47 bits per heavy atom. The van der Waals surface area contributed by atoms with Gasteiger partial charge in [-0.3, -0.25) is 4.79 Å². The van der Waals surface area contributed by atoms with E-state index in [1.54, 1.807) is 0 Å². The van der Waals surface area contributed by atoms with Gasteiger partial charge in [-0.1, -0.05) is 12.1 Å². The Morgan fingerprint density at radius 1 is 1.35 bits per heavy atom. The van der Waals surface area contributed by atoms with Gasteiger partial charge in [0.05, 0.1) is 6.54 Å². The van der Waals surface area contributed by atoms with E-state index in [9.17, 15) is 17.6 Å². The van der Waals surface area contributed by atoms with Gasteiger partial charge in [0, 0.05) is 14.1 Å². The van der Waals surface area contributed by atoms with Gasteiger partial charge in [-0.25, -0.2) is 17.5 Å². The van der Waals surface area contributed by atoms with E-state index in [1.807, 2.05) is 4.72 Å². The zero-order chi connectivity index (χ0) is 13.1. The van der Waals surface area contributed by atoms with Crippen LogP contribution in [-0.2, 0) is 14.8 Å². The number of halogens is 1. The van der Waals surface area contributed by atoms with Crippen molar-refractivity contribution in [2.24, 2.45) is 0 Å². The number of carbonyl (C=O) groups excluding carboxylic acids is 1. The Labute approximate surface area is 99.3 Å². The third kappa shape index (κ3) is 3.50. The maximum Gasteiger partial charge on any atom is 0.243 e. The van der Waals surface area contributed by atoms with E-state index >= 15 is 0 Å². The van der Waals surface area contributed by atoms with Crippen LogP contribution in [0.5, 0.6) is 0 Å². The lowest BCUT2D eigenvalue weighted by molar-refractivity contribution is -0.127. The summed E-state index contributed by atoms with van der Waals surface area (Å²) in [6.07, 6.45) is 0. The highest BCUT2D eigenvalue weighted by molar-refractivity contribution is 7.89. The summed E-state index contributed by atoms with van der Waals surface area (Å²) < 4.78 is 38.6. The molecule has 1 amide bonds. The van der Waals surface area contributed by atoms with E-state index in [-0.39, 0.29) is 0 Å². The zero-order valence-electron chi connectivity index (χ0n) is 9.47. The highest BCUT2D eigenvalue weighted by atomic mass is 32.2. The van der Waals surface area contributed by atoms with Crippen LogP contribution in [-0.4, -0.2) is 39.9 Å². The minimum absolute atomic E-state index is 0.399. The van der Waals surface area contributed by atoms with Gasteiger partial charge in [0.2, 0.25) is 15.9 Å². The Balaban J connectivity index is 2.84. The number of likely N-dealkylation sites (N-methyl/N-ethyl adjacent to an activating group) is 1. The fourth-order valence-corrected chi connectivity index (χ4v) is 2.11. The lowest BCUT2D eigenvalue weighted by Gasteiger charge is -2.11. The van der Waals surface area contributed by atoms with Crippen LogP contribution in [0.3, 0.4) is 0 Å². The molecule has 0 atom stereocenters. The van der Waals surface area contributed by atoms with Crippen molar-refractivity contribution < 1.29 is 17.6 Å². The van der Waals surface area contributed by atoms with Gasteiger partial charge in [-0.15, -0.1) is 0 Å². The van der Waals surface area contributed by atoms with Gasteiger partial charge in [0.25, 0.3) is 0 Å². The number of hydrogen-bond donors (Lipinski definition) is 1. The van der Waals surface area contributed by atoms with E-state index in [0.29, 0.717) is 0 Å². The Hall–Kier alpha value is -1.47. The topological polar surface area (TPSA) is 66.5 Å². The first-order valence-electron chi connectivity index (χ1n) is 4.79. The fourth-order valence-electron chi connectivity index (χ4n) is 1.06. The first-order valence-corrected chi connectivity index (χ1v) is 6.27. The molecular weight excluding hydrogens is 247 g/mol. The molecule has 0 bridgehead atoms. The third-order valence-corrected chi connectivity index (χ3v) is 3.47. The van der Waals surface area contributed by atoms with Crippen molar-refractivity contribution in [2.45, 2.75) is 4.90 Å². The molecule has 0 aliphatic heterocycles. The second kappa shape index (κ2) is 5.24. The lowest BCUT2D eigenvalue weighted by atomic mass is 10.4. The molecule has 0 aliphatic rings. The summed E-state index contributed by atoms with van der Waals surface area (Å²) in [5.74, 6) is -1.26. The molecule has 0 spiro atoms. The van der Waals surface area contributed by atoms with Crippen molar-refractivity contribution in [3.63, 3.8) is 0 Å². The van der Waals surface area contributed by atoms with Crippen molar-refractivity contribution in [3.8, 4) is 0 Å². The standard InChI is InChI=1S/C10H13FN2O3S/c1-13(2)10(14)7-12-17(15,16)9-6-4-3-5-8(9)11/h3-6,12H,7H2,1-2H3. The number of nitrogens with one attached hydrogen (secondary N) is 1. The van der Waals surface area contributed by atoms with E-state index in [0.717, 1.165) is 12.1 Å². The molecule has 0 unspecified atom stereocenters. The molecule has 1 aromatic rings. The average molecular weight is 260 g/mol. The first-order chi connectivity index (χ1) is 7.84. The van der Waals surface area contributed by atoms with Crippen molar-refractivity contribution in [1.29, 1.82) is 0 Å². The van der Waals surface area contributed by atoms with Gasteiger partial charge >= 0.3 is 0 Å².